The lowest BCUT2D eigenvalue weighted by atomic mass is 10.1. The van der Waals surface area contributed by atoms with Crippen LogP contribution in [0.1, 0.15) is 40.1 Å². The maximum absolute atomic E-state index is 13.1. The molecule has 2 aromatic carbocycles. The van der Waals surface area contributed by atoms with Crippen LogP contribution in [0.4, 0.5) is 11.4 Å². The number of carbonyl (C=O) groups is 2. The third kappa shape index (κ3) is 5.39. The molecule has 1 aliphatic heterocycles. The Morgan fingerprint density at radius 1 is 0.914 bits per heavy atom. The Hall–Kier alpha value is -3.63. The summed E-state index contributed by atoms with van der Waals surface area (Å²) in [5, 5.41) is 5.55. The fraction of sp³-hybridized carbons (Fsp3) is 0.280. The first-order chi connectivity index (χ1) is 16.8. The molecule has 2 N–H and O–H groups in total. The van der Waals surface area contributed by atoms with Crippen LogP contribution in [0.5, 0.6) is 5.75 Å². The number of carbonyl (C=O) groups excluding carboxylic acids is 2. The minimum Gasteiger partial charge on any atom is -0.497 e. The van der Waals surface area contributed by atoms with Gasteiger partial charge in [-0.2, -0.15) is 4.31 Å². The summed E-state index contributed by atoms with van der Waals surface area (Å²) in [6.07, 6.45) is 4.11. The fourth-order valence-electron chi connectivity index (χ4n) is 4.03. The summed E-state index contributed by atoms with van der Waals surface area (Å²) in [5.74, 6) is -0.327. The third-order valence-electron chi connectivity index (χ3n) is 5.91. The van der Waals surface area contributed by atoms with Crippen molar-refractivity contribution in [2.24, 2.45) is 7.05 Å². The van der Waals surface area contributed by atoms with Gasteiger partial charge >= 0.3 is 0 Å². The molecule has 0 unspecified atom stereocenters. The number of rotatable bonds is 7. The van der Waals surface area contributed by atoms with Gasteiger partial charge in [0.25, 0.3) is 11.8 Å². The Morgan fingerprint density at radius 3 is 2.40 bits per heavy atom. The number of hydrogen-bond acceptors (Lipinski definition) is 5. The van der Waals surface area contributed by atoms with E-state index in [1.54, 1.807) is 62.7 Å². The Kier molecular flexibility index (Phi) is 7.23. The van der Waals surface area contributed by atoms with Gasteiger partial charge in [-0.1, -0.05) is 24.6 Å². The molecule has 2 heterocycles. The van der Waals surface area contributed by atoms with Crippen molar-refractivity contribution in [2.75, 3.05) is 30.8 Å². The van der Waals surface area contributed by atoms with E-state index >= 15 is 0 Å². The van der Waals surface area contributed by atoms with E-state index < -0.39 is 21.8 Å². The molecular weight excluding hydrogens is 468 g/mol. The number of piperidine rings is 1. The predicted molar refractivity (Wildman–Crippen MR) is 133 cm³/mol. The van der Waals surface area contributed by atoms with Crippen molar-refractivity contribution < 1.29 is 22.7 Å². The van der Waals surface area contributed by atoms with E-state index in [0.29, 0.717) is 30.2 Å². The Balaban J connectivity index is 1.53. The number of aromatic nitrogens is 1. The van der Waals surface area contributed by atoms with Gasteiger partial charge in [0.05, 0.1) is 18.4 Å². The molecule has 3 aromatic rings. The van der Waals surface area contributed by atoms with Crippen molar-refractivity contribution in [1.29, 1.82) is 0 Å². The highest BCUT2D eigenvalue weighted by molar-refractivity contribution is 7.89. The van der Waals surface area contributed by atoms with E-state index in [2.05, 4.69) is 10.6 Å². The van der Waals surface area contributed by atoms with Crippen LogP contribution >= 0.6 is 0 Å². The minimum absolute atomic E-state index is 0.0797. The number of anilines is 2. The van der Waals surface area contributed by atoms with Gasteiger partial charge in [-0.05, 0) is 43.2 Å². The van der Waals surface area contributed by atoms with Gasteiger partial charge < -0.3 is 19.9 Å². The van der Waals surface area contributed by atoms with Crippen LogP contribution in [0.3, 0.4) is 0 Å². The number of sulfonamides is 1. The van der Waals surface area contributed by atoms with Crippen LogP contribution in [0, 0.1) is 0 Å². The van der Waals surface area contributed by atoms with Crippen molar-refractivity contribution in [3.8, 4) is 5.75 Å². The molecule has 35 heavy (non-hydrogen) atoms. The summed E-state index contributed by atoms with van der Waals surface area (Å²) in [7, 11) is -0.517. The van der Waals surface area contributed by atoms with Gasteiger partial charge in [-0.25, -0.2) is 8.42 Å². The number of para-hydroxylation sites is 1. The van der Waals surface area contributed by atoms with Crippen molar-refractivity contribution in [3.05, 3.63) is 72.1 Å². The summed E-state index contributed by atoms with van der Waals surface area (Å²) in [4.78, 5) is 26.1. The summed E-state index contributed by atoms with van der Waals surface area (Å²) < 4.78 is 34.2. The molecule has 1 aliphatic rings. The van der Waals surface area contributed by atoms with Gasteiger partial charge in [-0.15, -0.1) is 0 Å². The van der Waals surface area contributed by atoms with E-state index in [1.807, 2.05) is 0 Å². The maximum atomic E-state index is 13.1. The summed E-state index contributed by atoms with van der Waals surface area (Å²) in [6.45, 7) is 0.961. The number of aryl methyl sites for hydroxylation is 1. The number of hydrogen-bond donors (Lipinski definition) is 2. The average molecular weight is 497 g/mol. The zero-order valence-corrected chi connectivity index (χ0v) is 20.5. The lowest BCUT2D eigenvalue weighted by Gasteiger charge is -2.25. The van der Waals surface area contributed by atoms with E-state index in [-0.39, 0.29) is 16.2 Å². The number of ether oxygens (including phenoxy) is 1. The second-order valence-electron chi connectivity index (χ2n) is 8.32. The van der Waals surface area contributed by atoms with Crippen LogP contribution in [0.25, 0.3) is 0 Å². The number of methoxy groups -OCH3 is 1. The Morgan fingerprint density at radius 2 is 1.66 bits per heavy atom. The van der Waals surface area contributed by atoms with Gasteiger partial charge in [0, 0.05) is 38.1 Å². The lowest BCUT2D eigenvalue weighted by molar-refractivity contribution is 0.101. The zero-order chi connectivity index (χ0) is 25.0. The summed E-state index contributed by atoms with van der Waals surface area (Å²) in [5.41, 5.74) is 1.28. The van der Waals surface area contributed by atoms with E-state index in [9.17, 15) is 18.0 Å². The van der Waals surface area contributed by atoms with Gasteiger partial charge in [0.2, 0.25) is 10.0 Å². The molecular formula is C25H28N4O5S. The predicted octanol–water partition coefficient (Wildman–Crippen LogP) is 3.71. The van der Waals surface area contributed by atoms with Crippen LogP contribution < -0.4 is 15.4 Å². The molecule has 0 saturated carbocycles. The maximum Gasteiger partial charge on any atom is 0.272 e. The molecule has 0 radical (unpaired) electrons. The van der Waals surface area contributed by atoms with Crippen molar-refractivity contribution in [1.82, 2.24) is 8.87 Å². The van der Waals surface area contributed by atoms with E-state index in [1.165, 1.54) is 21.1 Å². The Bertz CT molecular complexity index is 1340. The molecule has 0 aliphatic carbocycles. The van der Waals surface area contributed by atoms with Crippen LogP contribution in [0.15, 0.2) is 65.7 Å². The smallest absolute Gasteiger partial charge is 0.272 e. The first kappa shape index (κ1) is 24.5. The highest BCUT2D eigenvalue weighted by atomic mass is 32.2. The van der Waals surface area contributed by atoms with Gasteiger partial charge in [-0.3, -0.25) is 9.59 Å². The second-order valence-corrected chi connectivity index (χ2v) is 10.3. The summed E-state index contributed by atoms with van der Waals surface area (Å²) in [6, 6.07) is 14.9. The molecule has 1 saturated heterocycles. The molecule has 10 heteroatoms. The average Bonchev–Trinajstić information content (AvgIpc) is 3.27. The van der Waals surface area contributed by atoms with Crippen LogP contribution in [0.2, 0.25) is 0 Å². The molecule has 4 rings (SSSR count). The minimum atomic E-state index is -3.67. The fourth-order valence-corrected chi connectivity index (χ4v) is 5.62. The standard InChI is InChI=1S/C25H28N4O5S/c1-28-17-20(35(32,33)29-13-6-3-7-14-29)16-23(28)25(31)27-22-12-5-4-11-21(22)24(30)26-18-9-8-10-19(15-18)34-2/h4-5,8-12,15-17H,3,6-7,13-14H2,1-2H3,(H,26,30)(H,27,31). The molecule has 9 nitrogen and oxygen atoms in total. The highest BCUT2D eigenvalue weighted by Crippen LogP contribution is 2.24. The first-order valence-electron chi connectivity index (χ1n) is 11.3. The number of nitrogens with zero attached hydrogens (tertiary/aromatic N) is 2. The molecule has 2 amide bonds. The molecule has 184 valence electrons. The molecule has 0 bridgehead atoms. The molecule has 1 fully saturated rings. The first-order valence-corrected chi connectivity index (χ1v) is 12.8. The van der Waals surface area contributed by atoms with Gasteiger partial charge in [0.15, 0.2) is 0 Å². The SMILES string of the molecule is COc1cccc(NC(=O)c2ccccc2NC(=O)c2cc(S(=O)(=O)N3CCCCC3)cn2C)c1. The second kappa shape index (κ2) is 10.3. The van der Waals surface area contributed by atoms with Crippen molar-refractivity contribution >= 4 is 33.2 Å². The molecule has 0 atom stereocenters. The van der Waals surface area contributed by atoms with Crippen LogP contribution in [-0.4, -0.2) is 49.3 Å². The normalized spacial score (nSPS) is 14.3. The molecule has 0 spiro atoms. The topological polar surface area (TPSA) is 110 Å². The van der Waals surface area contributed by atoms with Gasteiger partial charge in [0.1, 0.15) is 16.3 Å². The molecule has 1 aromatic heterocycles. The zero-order valence-electron chi connectivity index (χ0n) is 19.7. The van der Waals surface area contributed by atoms with Crippen molar-refractivity contribution in [2.45, 2.75) is 24.2 Å². The Labute approximate surface area is 204 Å². The van der Waals surface area contributed by atoms with E-state index in [4.69, 9.17) is 4.74 Å². The van der Waals surface area contributed by atoms with Crippen molar-refractivity contribution in [3.63, 3.8) is 0 Å². The monoisotopic (exact) mass is 496 g/mol. The number of nitrogens with one attached hydrogen (secondary N) is 2. The quantitative estimate of drug-likeness (QED) is 0.518. The lowest BCUT2D eigenvalue weighted by Crippen LogP contribution is -2.35. The highest BCUT2D eigenvalue weighted by Gasteiger charge is 2.28. The summed E-state index contributed by atoms with van der Waals surface area (Å²) >= 11 is 0. The largest absolute Gasteiger partial charge is 0.497 e. The number of amides is 2. The van der Waals surface area contributed by atoms with E-state index in [0.717, 1.165) is 19.3 Å². The van der Waals surface area contributed by atoms with Crippen LogP contribution in [-0.2, 0) is 17.1 Å². The number of benzene rings is 2. The third-order valence-corrected chi connectivity index (χ3v) is 7.78.